The Bertz CT molecular complexity index is 760. The van der Waals surface area contributed by atoms with Gasteiger partial charge in [0.2, 0.25) is 0 Å². The van der Waals surface area contributed by atoms with Gasteiger partial charge in [0.25, 0.3) is 0 Å². The molecule has 21 heavy (non-hydrogen) atoms. The lowest BCUT2D eigenvalue weighted by Gasteiger charge is -2.09. The van der Waals surface area contributed by atoms with Gasteiger partial charge in [-0.25, -0.2) is 4.98 Å². The monoisotopic (exact) mass is 299 g/mol. The molecule has 3 nitrogen and oxygen atoms in total. The lowest BCUT2D eigenvalue weighted by molar-refractivity contribution is 0.704. The van der Waals surface area contributed by atoms with Crippen molar-refractivity contribution in [3.63, 3.8) is 0 Å². The molecule has 2 N–H and O–H groups in total. The zero-order valence-corrected chi connectivity index (χ0v) is 12.8. The summed E-state index contributed by atoms with van der Waals surface area (Å²) in [5.74, 6) is 0.962. The molecule has 108 valence electrons. The summed E-state index contributed by atoms with van der Waals surface area (Å²) in [4.78, 5) is 4.77. The van der Waals surface area contributed by atoms with Gasteiger partial charge in [0.1, 0.15) is 5.82 Å². The van der Waals surface area contributed by atoms with E-state index in [-0.39, 0.29) is 0 Å². The van der Waals surface area contributed by atoms with Crippen LogP contribution in [0, 0.1) is 0 Å². The summed E-state index contributed by atoms with van der Waals surface area (Å²) in [5.41, 5.74) is 9.82. The van der Waals surface area contributed by atoms with Crippen LogP contribution in [0.5, 0.6) is 0 Å². The maximum Gasteiger partial charge on any atom is 0.141 e. The molecule has 0 amide bonds. The zero-order valence-electron chi connectivity index (χ0n) is 12.0. The van der Waals surface area contributed by atoms with E-state index in [1.807, 2.05) is 30.3 Å². The molecule has 3 rings (SSSR count). The fourth-order valence-corrected chi connectivity index (χ4v) is 2.86. The Morgan fingerprint density at radius 3 is 2.57 bits per heavy atom. The topological polar surface area (TPSA) is 43.8 Å². The van der Waals surface area contributed by atoms with Gasteiger partial charge in [0, 0.05) is 18.7 Å². The van der Waals surface area contributed by atoms with Gasteiger partial charge in [-0.15, -0.1) is 0 Å². The summed E-state index contributed by atoms with van der Waals surface area (Å²) in [6.07, 6.45) is 1.03. The third-order valence-electron chi connectivity index (χ3n) is 3.61. The molecule has 0 atom stereocenters. The van der Waals surface area contributed by atoms with Crippen LogP contribution in [0.4, 0.5) is 0 Å². The van der Waals surface area contributed by atoms with Crippen molar-refractivity contribution in [2.45, 2.75) is 26.4 Å². The van der Waals surface area contributed by atoms with Gasteiger partial charge in [0.15, 0.2) is 0 Å². The average Bonchev–Trinajstić information content (AvgIpc) is 2.88. The first-order valence-corrected chi connectivity index (χ1v) is 7.56. The summed E-state index contributed by atoms with van der Waals surface area (Å²) in [6.45, 7) is 3.61. The molecule has 4 heteroatoms. The van der Waals surface area contributed by atoms with Gasteiger partial charge in [-0.05, 0) is 24.1 Å². The fourth-order valence-electron chi connectivity index (χ4n) is 2.59. The Morgan fingerprint density at radius 1 is 1.14 bits per heavy atom. The second-order valence-corrected chi connectivity index (χ2v) is 5.50. The van der Waals surface area contributed by atoms with E-state index in [1.165, 1.54) is 0 Å². The normalized spacial score (nSPS) is 11.2. The van der Waals surface area contributed by atoms with Crippen molar-refractivity contribution in [3.05, 3.63) is 53.1 Å². The number of benzene rings is 2. The molecule has 1 aromatic heterocycles. The predicted molar refractivity (Wildman–Crippen MR) is 88.4 cm³/mol. The van der Waals surface area contributed by atoms with Crippen LogP contribution < -0.4 is 5.73 Å². The van der Waals surface area contributed by atoms with Gasteiger partial charge >= 0.3 is 0 Å². The van der Waals surface area contributed by atoms with Crippen LogP contribution >= 0.6 is 11.6 Å². The van der Waals surface area contributed by atoms with Crippen LogP contribution in [0.3, 0.4) is 0 Å². The first-order valence-electron chi connectivity index (χ1n) is 7.18. The molecule has 2 aromatic carbocycles. The first-order chi connectivity index (χ1) is 10.2. The highest BCUT2D eigenvalue weighted by molar-refractivity contribution is 6.35. The van der Waals surface area contributed by atoms with Crippen molar-refractivity contribution >= 4 is 22.6 Å². The molecule has 0 fully saturated rings. The van der Waals surface area contributed by atoms with Crippen LogP contribution in [-0.4, -0.2) is 9.55 Å². The highest BCUT2D eigenvalue weighted by atomic mass is 35.5. The molecule has 0 aliphatic carbocycles. The lowest BCUT2D eigenvalue weighted by Crippen LogP contribution is -2.01. The largest absolute Gasteiger partial charge is 0.326 e. The van der Waals surface area contributed by atoms with Crippen molar-refractivity contribution in [3.8, 4) is 11.4 Å². The number of halogens is 1. The molecule has 0 saturated carbocycles. The molecular formula is C17H18ClN3. The number of nitrogens with zero attached hydrogens (tertiary/aromatic N) is 2. The second kappa shape index (κ2) is 5.88. The highest BCUT2D eigenvalue weighted by Crippen LogP contribution is 2.30. The minimum atomic E-state index is 0.553. The van der Waals surface area contributed by atoms with E-state index >= 15 is 0 Å². The number of rotatable bonds is 4. The van der Waals surface area contributed by atoms with Crippen molar-refractivity contribution in [1.29, 1.82) is 0 Å². The molecule has 0 aliphatic heterocycles. The van der Waals surface area contributed by atoms with Gasteiger partial charge in [-0.1, -0.05) is 48.9 Å². The van der Waals surface area contributed by atoms with Crippen molar-refractivity contribution in [1.82, 2.24) is 9.55 Å². The van der Waals surface area contributed by atoms with Gasteiger partial charge in [0.05, 0.1) is 16.1 Å². The molecule has 0 spiro atoms. The standard InChI is InChI=1S/C17H18ClN3/c1-2-10-21-16-14(18)4-3-5-15(16)20-17(21)13-8-6-12(11-19)7-9-13/h3-9H,2,10-11,19H2,1H3. The maximum atomic E-state index is 6.37. The Kier molecular flexibility index (Phi) is 3.95. The number of hydrogen-bond acceptors (Lipinski definition) is 2. The molecule has 0 unspecified atom stereocenters. The molecule has 3 aromatic rings. The van der Waals surface area contributed by atoms with Gasteiger partial charge in [-0.2, -0.15) is 0 Å². The van der Waals surface area contributed by atoms with E-state index in [1.54, 1.807) is 0 Å². The third kappa shape index (κ3) is 2.55. The minimum absolute atomic E-state index is 0.553. The maximum absolute atomic E-state index is 6.37. The van der Waals surface area contributed by atoms with E-state index in [9.17, 15) is 0 Å². The Balaban J connectivity index is 2.20. The average molecular weight is 300 g/mol. The number of fused-ring (bicyclic) bond motifs is 1. The SMILES string of the molecule is CCCn1c(-c2ccc(CN)cc2)nc2cccc(Cl)c21. The summed E-state index contributed by atoms with van der Waals surface area (Å²) in [6, 6.07) is 14.1. The predicted octanol–water partition coefficient (Wildman–Crippen LogP) is 4.23. The molecule has 0 bridgehead atoms. The minimum Gasteiger partial charge on any atom is -0.326 e. The summed E-state index contributed by atoms with van der Waals surface area (Å²) in [5, 5.41) is 0.748. The fraction of sp³-hybridized carbons (Fsp3) is 0.235. The van der Waals surface area contributed by atoms with Crippen LogP contribution in [0.2, 0.25) is 5.02 Å². The number of imidazole rings is 1. The number of hydrogen-bond donors (Lipinski definition) is 1. The Hall–Kier alpha value is -1.84. The molecule has 0 saturated heterocycles. The van der Waals surface area contributed by atoms with Gasteiger partial charge < -0.3 is 10.3 Å². The van der Waals surface area contributed by atoms with Crippen LogP contribution in [0.15, 0.2) is 42.5 Å². The van der Waals surface area contributed by atoms with Crippen molar-refractivity contribution < 1.29 is 0 Å². The van der Waals surface area contributed by atoms with E-state index in [4.69, 9.17) is 22.3 Å². The van der Waals surface area contributed by atoms with Gasteiger partial charge in [-0.3, -0.25) is 0 Å². The Morgan fingerprint density at radius 2 is 1.90 bits per heavy atom. The van der Waals surface area contributed by atoms with Crippen molar-refractivity contribution in [2.75, 3.05) is 0 Å². The smallest absolute Gasteiger partial charge is 0.141 e. The lowest BCUT2D eigenvalue weighted by atomic mass is 10.1. The molecular weight excluding hydrogens is 282 g/mol. The van der Waals surface area contributed by atoms with Crippen LogP contribution in [-0.2, 0) is 13.1 Å². The first kappa shape index (κ1) is 14.1. The van der Waals surface area contributed by atoms with E-state index in [0.29, 0.717) is 6.54 Å². The zero-order chi connectivity index (χ0) is 14.8. The third-order valence-corrected chi connectivity index (χ3v) is 3.92. The van der Waals surface area contributed by atoms with Crippen LogP contribution in [0.25, 0.3) is 22.4 Å². The number of aromatic nitrogens is 2. The summed E-state index contributed by atoms with van der Waals surface area (Å²) < 4.78 is 2.20. The summed E-state index contributed by atoms with van der Waals surface area (Å²) in [7, 11) is 0. The number of aryl methyl sites for hydroxylation is 1. The van der Waals surface area contributed by atoms with Crippen LogP contribution in [0.1, 0.15) is 18.9 Å². The number of nitrogens with two attached hydrogens (primary N) is 1. The van der Waals surface area contributed by atoms with E-state index in [0.717, 1.165) is 46.0 Å². The van der Waals surface area contributed by atoms with Crippen molar-refractivity contribution in [2.24, 2.45) is 5.73 Å². The van der Waals surface area contributed by atoms with E-state index in [2.05, 4.69) is 23.6 Å². The summed E-state index contributed by atoms with van der Waals surface area (Å²) >= 11 is 6.37. The number of para-hydroxylation sites is 1. The highest BCUT2D eigenvalue weighted by Gasteiger charge is 2.14. The molecule has 1 heterocycles. The second-order valence-electron chi connectivity index (χ2n) is 5.10. The Labute approximate surface area is 129 Å². The quantitative estimate of drug-likeness (QED) is 0.783. The molecule has 0 radical (unpaired) electrons. The molecule has 0 aliphatic rings. The van der Waals surface area contributed by atoms with E-state index < -0.39 is 0 Å².